The van der Waals surface area contributed by atoms with Crippen LogP contribution < -0.4 is 25.4 Å². The van der Waals surface area contributed by atoms with Gasteiger partial charge in [-0.05, 0) is 72.3 Å². The molecule has 3 N–H and O–H groups in total. The Morgan fingerprint density at radius 2 is 1.54 bits per heavy atom. The molecule has 11 heteroatoms. The minimum Gasteiger partial charge on any atom is -0.497 e. The zero-order chi connectivity index (χ0) is 32.3. The van der Waals surface area contributed by atoms with E-state index in [0.717, 1.165) is 21.9 Å². The minimum absolute atomic E-state index is 0.0639. The van der Waals surface area contributed by atoms with E-state index in [4.69, 9.17) is 9.47 Å². The van der Waals surface area contributed by atoms with Crippen molar-refractivity contribution in [3.63, 3.8) is 0 Å². The molecule has 46 heavy (non-hydrogen) atoms. The summed E-state index contributed by atoms with van der Waals surface area (Å²) >= 11 is 2.71. The molecule has 0 unspecified atom stereocenters. The van der Waals surface area contributed by atoms with Crippen molar-refractivity contribution in [2.45, 2.75) is 4.90 Å². The average Bonchev–Trinajstić information content (AvgIpc) is 3.56. The molecule has 9 nitrogen and oxygen atoms in total. The third-order valence-electron chi connectivity index (χ3n) is 6.53. The van der Waals surface area contributed by atoms with Gasteiger partial charge in [0.15, 0.2) is 5.13 Å². The number of carbonyl (C=O) groups is 3. The van der Waals surface area contributed by atoms with E-state index in [0.29, 0.717) is 27.7 Å². The minimum atomic E-state index is -0.497. The predicted molar refractivity (Wildman–Crippen MR) is 183 cm³/mol. The highest BCUT2D eigenvalue weighted by atomic mass is 32.2. The summed E-state index contributed by atoms with van der Waals surface area (Å²) < 4.78 is 10.6. The van der Waals surface area contributed by atoms with Gasteiger partial charge in [-0.25, -0.2) is 4.98 Å². The smallest absolute Gasteiger partial charge is 0.272 e. The number of benzene rings is 4. The number of nitrogens with one attached hydrogen (secondary N) is 3. The molecule has 5 rings (SSSR count). The van der Waals surface area contributed by atoms with E-state index in [1.807, 2.05) is 47.8 Å². The maximum absolute atomic E-state index is 13.3. The average molecular weight is 651 g/mol. The Hall–Kier alpha value is -5.39. The summed E-state index contributed by atoms with van der Waals surface area (Å²) in [7, 11) is 3.17. The second-order valence-corrected chi connectivity index (χ2v) is 11.6. The number of amides is 3. The van der Waals surface area contributed by atoms with Crippen LogP contribution in [0.1, 0.15) is 15.9 Å². The lowest BCUT2D eigenvalue weighted by Crippen LogP contribution is -2.30. The van der Waals surface area contributed by atoms with Crippen molar-refractivity contribution >= 4 is 57.7 Å². The Morgan fingerprint density at radius 3 is 2.28 bits per heavy atom. The molecule has 232 valence electrons. The number of hydrogen-bond donors (Lipinski definition) is 3. The van der Waals surface area contributed by atoms with E-state index in [-0.39, 0.29) is 17.4 Å². The van der Waals surface area contributed by atoms with Crippen LogP contribution in [0, 0.1) is 0 Å². The number of anilines is 2. The first-order chi connectivity index (χ1) is 22.4. The van der Waals surface area contributed by atoms with Crippen LogP contribution in [0.5, 0.6) is 11.5 Å². The zero-order valence-electron chi connectivity index (χ0n) is 25.0. The molecule has 0 radical (unpaired) electrons. The molecule has 5 aromatic rings. The van der Waals surface area contributed by atoms with Gasteiger partial charge in [-0.1, -0.05) is 42.5 Å². The largest absolute Gasteiger partial charge is 0.497 e. The first-order valence-electron chi connectivity index (χ1n) is 14.1. The van der Waals surface area contributed by atoms with Gasteiger partial charge in [0.25, 0.3) is 11.8 Å². The summed E-state index contributed by atoms with van der Waals surface area (Å²) in [5.41, 5.74) is 3.34. The summed E-state index contributed by atoms with van der Waals surface area (Å²) in [5, 5.41) is 10.8. The summed E-state index contributed by atoms with van der Waals surface area (Å²) in [6.07, 6.45) is 1.59. The number of thioether (sulfide) groups is 1. The van der Waals surface area contributed by atoms with Crippen molar-refractivity contribution in [3.05, 3.63) is 125 Å². The number of nitrogens with zero attached hydrogens (tertiary/aromatic N) is 1. The highest BCUT2D eigenvalue weighted by molar-refractivity contribution is 8.00. The Morgan fingerprint density at radius 1 is 0.826 bits per heavy atom. The summed E-state index contributed by atoms with van der Waals surface area (Å²) in [6, 6.07) is 30.5. The van der Waals surface area contributed by atoms with E-state index >= 15 is 0 Å². The van der Waals surface area contributed by atoms with Crippen molar-refractivity contribution in [1.29, 1.82) is 0 Å². The summed E-state index contributed by atoms with van der Waals surface area (Å²) in [5.74, 6) is 0.439. The molecule has 1 aromatic heterocycles. The molecule has 0 saturated heterocycles. The predicted octanol–water partition coefficient (Wildman–Crippen LogP) is 6.97. The maximum Gasteiger partial charge on any atom is 0.272 e. The summed E-state index contributed by atoms with van der Waals surface area (Å²) in [6.45, 7) is 0. The zero-order valence-corrected chi connectivity index (χ0v) is 26.6. The molecule has 0 saturated carbocycles. The van der Waals surface area contributed by atoms with Crippen LogP contribution in [-0.4, -0.2) is 42.7 Å². The molecule has 0 spiro atoms. The van der Waals surface area contributed by atoms with Crippen molar-refractivity contribution in [2.75, 3.05) is 30.6 Å². The summed E-state index contributed by atoms with van der Waals surface area (Å²) in [4.78, 5) is 44.2. The van der Waals surface area contributed by atoms with Crippen LogP contribution in [0.25, 0.3) is 17.3 Å². The highest BCUT2D eigenvalue weighted by Gasteiger charge is 2.16. The van der Waals surface area contributed by atoms with E-state index in [1.165, 1.54) is 23.1 Å². The van der Waals surface area contributed by atoms with E-state index in [9.17, 15) is 14.4 Å². The molecule has 1 heterocycles. The first-order valence-corrected chi connectivity index (χ1v) is 15.9. The number of carbonyl (C=O) groups excluding carboxylic acids is 3. The van der Waals surface area contributed by atoms with Gasteiger partial charge in [-0.2, -0.15) is 0 Å². The van der Waals surface area contributed by atoms with Crippen LogP contribution >= 0.6 is 23.1 Å². The van der Waals surface area contributed by atoms with E-state index in [2.05, 4.69) is 20.9 Å². The van der Waals surface area contributed by atoms with Crippen molar-refractivity contribution in [3.8, 4) is 22.8 Å². The molecule has 3 amide bonds. The van der Waals surface area contributed by atoms with Crippen LogP contribution in [0.15, 0.2) is 119 Å². The molecule has 0 aliphatic carbocycles. The SMILES string of the molecule is COc1cccc(/C=C(\NC(=O)c2ccccc2)C(=O)Nc2ccc(SCC(=O)Nc3nc(-c4cccc(OC)c4)cs3)cc2)c1. The Bertz CT molecular complexity index is 1860. The van der Waals surface area contributed by atoms with E-state index in [1.54, 1.807) is 81.0 Å². The van der Waals surface area contributed by atoms with Crippen LogP contribution in [0.2, 0.25) is 0 Å². The molecule has 0 atom stereocenters. The number of rotatable bonds is 12. The molecule has 0 aliphatic rings. The van der Waals surface area contributed by atoms with Gasteiger partial charge >= 0.3 is 0 Å². The topological polar surface area (TPSA) is 119 Å². The number of aromatic nitrogens is 1. The second kappa shape index (κ2) is 15.6. The fourth-order valence-corrected chi connectivity index (χ4v) is 5.66. The van der Waals surface area contributed by atoms with Crippen LogP contribution in [0.3, 0.4) is 0 Å². The normalized spacial score (nSPS) is 11.0. The Balaban J connectivity index is 1.19. The fourth-order valence-electron chi connectivity index (χ4n) is 4.22. The van der Waals surface area contributed by atoms with Gasteiger partial charge in [0, 0.05) is 27.1 Å². The molecule has 0 aliphatic heterocycles. The molecule has 0 fully saturated rings. The van der Waals surface area contributed by atoms with E-state index < -0.39 is 11.8 Å². The lowest BCUT2D eigenvalue weighted by atomic mass is 10.1. The van der Waals surface area contributed by atoms with Gasteiger partial charge in [0.2, 0.25) is 5.91 Å². The lowest BCUT2D eigenvalue weighted by Gasteiger charge is -2.12. The number of hydrogen-bond acceptors (Lipinski definition) is 8. The number of methoxy groups -OCH3 is 2. The second-order valence-electron chi connectivity index (χ2n) is 9.74. The van der Waals surface area contributed by atoms with Gasteiger partial charge < -0.3 is 25.4 Å². The van der Waals surface area contributed by atoms with Gasteiger partial charge in [0.1, 0.15) is 17.2 Å². The number of ether oxygens (including phenoxy) is 2. The standard InChI is InChI=1S/C35H30N4O5S2/c1-43-27-12-6-8-23(18-27)19-30(37-33(41)24-9-4-3-5-10-24)34(42)36-26-14-16-29(17-15-26)45-22-32(40)39-35-38-31(21-46-35)25-11-7-13-28(20-25)44-2/h3-21H,22H2,1-2H3,(H,36,42)(H,37,41)(H,38,39,40)/b30-19-. The first kappa shape index (κ1) is 32.0. The maximum atomic E-state index is 13.3. The number of thiazole rings is 1. The van der Waals surface area contributed by atoms with Crippen molar-refractivity contribution in [2.24, 2.45) is 0 Å². The lowest BCUT2D eigenvalue weighted by molar-refractivity contribution is -0.114. The van der Waals surface area contributed by atoms with Crippen LogP contribution in [-0.2, 0) is 9.59 Å². The molecular formula is C35H30N4O5S2. The third-order valence-corrected chi connectivity index (χ3v) is 8.30. The van der Waals surface area contributed by atoms with Crippen molar-refractivity contribution in [1.82, 2.24) is 10.3 Å². The fraction of sp³-hybridized carbons (Fsp3) is 0.0857. The van der Waals surface area contributed by atoms with Gasteiger partial charge in [-0.15, -0.1) is 23.1 Å². The quantitative estimate of drug-likeness (QED) is 0.0986. The molecule has 4 aromatic carbocycles. The van der Waals surface area contributed by atoms with Crippen LogP contribution in [0.4, 0.5) is 10.8 Å². The highest BCUT2D eigenvalue weighted by Crippen LogP contribution is 2.28. The Kier molecular flexibility index (Phi) is 10.8. The van der Waals surface area contributed by atoms with Gasteiger partial charge in [-0.3, -0.25) is 14.4 Å². The molecule has 0 bridgehead atoms. The monoisotopic (exact) mass is 650 g/mol. The third kappa shape index (κ3) is 8.84. The van der Waals surface area contributed by atoms with Crippen molar-refractivity contribution < 1.29 is 23.9 Å². The molecular weight excluding hydrogens is 621 g/mol. The Labute approximate surface area is 274 Å². The van der Waals surface area contributed by atoms with Gasteiger partial charge in [0.05, 0.1) is 25.7 Å².